The third kappa shape index (κ3) is 28.2. The SMILES string of the molecule is C=C(C)C(=O)[O-].CCCCCCCCCCCC(=O)[O-].[Cu+2]. The van der Waals surface area contributed by atoms with Crippen molar-refractivity contribution in [3.63, 3.8) is 0 Å². The largest absolute Gasteiger partial charge is 2.00 e. The summed E-state index contributed by atoms with van der Waals surface area (Å²) in [4.78, 5) is 19.6. The Bertz CT molecular complexity index is 265. The van der Waals surface area contributed by atoms with E-state index in [2.05, 4.69) is 13.5 Å². The van der Waals surface area contributed by atoms with E-state index in [1.54, 1.807) is 0 Å². The van der Waals surface area contributed by atoms with Gasteiger partial charge in [0.1, 0.15) is 0 Å². The van der Waals surface area contributed by atoms with E-state index in [1.807, 2.05) is 0 Å². The zero-order valence-electron chi connectivity index (χ0n) is 13.2. The first-order valence-corrected chi connectivity index (χ1v) is 7.48. The molecule has 0 aromatic rings. The molecule has 0 heterocycles. The third-order valence-electron chi connectivity index (χ3n) is 2.83. The fourth-order valence-electron chi connectivity index (χ4n) is 1.58. The summed E-state index contributed by atoms with van der Waals surface area (Å²) in [6, 6.07) is 0. The third-order valence-corrected chi connectivity index (χ3v) is 2.83. The average Bonchev–Trinajstić information content (AvgIpc) is 2.37. The molecule has 0 aliphatic rings. The van der Waals surface area contributed by atoms with Crippen LogP contribution in [0.1, 0.15) is 78.1 Å². The van der Waals surface area contributed by atoms with Crippen molar-refractivity contribution in [2.45, 2.75) is 78.1 Å². The van der Waals surface area contributed by atoms with Crippen molar-refractivity contribution in [3.05, 3.63) is 12.2 Å². The number of carboxylic acids is 2. The van der Waals surface area contributed by atoms with E-state index in [0.717, 1.165) is 12.8 Å². The monoisotopic (exact) mass is 347 g/mol. The Kier molecular flexibility index (Phi) is 23.0. The fourth-order valence-corrected chi connectivity index (χ4v) is 1.58. The van der Waals surface area contributed by atoms with Crippen molar-refractivity contribution in [1.29, 1.82) is 0 Å². The summed E-state index contributed by atoms with van der Waals surface area (Å²) in [6.45, 7) is 6.70. The van der Waals surface area contributed by atoms with Crippen LogP contribution in [0.2, 0.25) is 0 Å². The minimum atomic E-state index is -1.19. The van der Waals surface area contributed by atoms with Crippen molar-refractivity contribution in [2.75, 3.05) is 0 Å². The minimum absolute atomic E-state index is 0. The van der Waals surface area contributed by atoms with E-state index in [4.69, 9.17) is 0 Å². The fraction of sp³-hybridized carbons (Fsp3) is 0.750. The molecule has 5 heteroatoms. The van der Waals surface area contributed by atoms with E-state index in [-0.39, 0.29) is 29.1 Å². The summed E-state index contributed by atoms with van der Waals surface area (Å²) in [5.74, 6) is -2.09. The molecule has 0 atom stereocenters. The van der Waals surface area contributed by atoms with Gasteiger partial charge in [-0.3, -0.25) is 0 Å². The second-order valence-corrected chi connectivity index (χ2v) is 5.02. The van der Waals surface area contributed by atoms with Gasteiger partial charge in [0.15, 0.2) is 0 Å². The van der Waals surface area contributed by atoms with E-state index >= 15 is 0 Å². The van der Waals surface area contributed by atoms with Gasteiger partial charge in [0.2, 0.25) is 0 Å². The summed E-state index contributed by atoms with van der Waals surface area (Å²) in [7, 11) is 0. The Labute approximate surface area is 139 Å². The molecule has 21 heavy (non-hydrogen) atoms. The van der Waals surface area contributed by atoms with Crippen LogP contribution >= 0.6 is 0 Å². The zero-order chi connectivity index (χ0) is 15.8. The first kappa shape index (κ1) is 25.2. The van der Waals surface area contributed by atoms with Crippen LogP contribution in [-0.4, -0.2) is 11.9 Å². The number of carbonyl (C=O) groups excluding carboxylic acids is 2. The molecule has 0 aliphatic heterocycles. The van der Waals surface area contributed by atoms with Crippen LogP contribution in [0, 0.1) is 0 Å². The van der Waals surface area contributed by atoms with Crippen molar-refractivity contribution in [2.24, 2.45) is 0 Å². The first-order chi connectivity index (χ1) is 9.41. The maximum Gasteiger partial charge on any atom is 2.00 e. The second-order valence-electron chi connectivity index (χ2n) is 5.02. The number of hydrogen-bond donors (Lipinski definition) is 0. The topological polar surface area (TPSA) is 80.3 Å². The van der Waals surface area contributed by atoms with Crippen LogP contribution in [0.25, 0.3) is 0 Å². The second kappa shape index (κ2) is 19.2. The predicted molar refractivity (Wildman–Crippen MR) is 76.7 cm³/mol. The summed E-state index contributed by atoms with van der Waals surface area (Å²) in [6.07, 6.45) is 11.2. The Balaban J connectivity index is -0.000000394. The van der Waals surface area contributed by atoms with E-state index in [1.165, 1.54) is 51.9 Å². The van der Waals surface area contributed by atoms with Gasteiger partial charge in [-0.25, -0.2) is 0 Å². The van der Waals surface area contributed by atoms with Gasteiger partial charge >= 0.3 is 17.1 Å². The number of aliphatic carboxylic acids is 2. The Hall–Kier alpha value is -0.801. The number of carbonyl (C=O) groups is 2. The van der Waals surface area contributed by atoms with Crippen molar-refractivity contribution >= 4 is 11.9 Å². The standard InChI is InChI=1S/C12H24O2.C4H6O2.Cu/c1-2-3-4-5-6-7-8-9-10-11-12(13)14;1-3(2)4(5)6;/h2-11H2,1H3,(H,13,14);1H2,2H3,(H,5,6);/q;;+2/p-2. The molecular weight excluding hydrogens is 320 g/mol. The van der Waals surface area contributed by atoms with Crippen LogP contribution in [0.5, 0.6) is 0 Å². The molecule has 4 nitrogen and oxygen atoms in total. The molecule has 0 fully saturated rings. The van der Waals surface area contributed by atoms with Gasteiger partial charge in [-0.15, -0.1) is 0 Å². The molecule has 0 saturated heterocycles. The van der Waals surface area contributed by atoms with Crippen molar-refractivity contribution in [1.82, 2.24) is 0 Å². The number of rotatable bonds is 11. The maximum atomic E-state index is 10.1. The van der Waals surface area contributed by atoms with Crippen LogP contribution < -0.4 is 10.2 Å². The van der Waals surface area contributed by atoms with Crippen LogP contribution in [-0.2, 0) is 26.7 Å². The number of hydrogen-bond acceptors (Lipinski definition) is 4. The molecule has 0 aromatic heterocycles. The van der Waals surface area contributed by atoms with Gasteiger partial charge in [0, 0.05) is 5.97 Å². The molecule has 1 radical (unpaired) electrons. The van der Waals surface area contributed by atoms with E-state index in [9.17, 15) is 19.8 Å². The molecule has 0 spiro atoms. The smallest absolute Gasteiger partial charge is 0.550 e. The first-order valence-electron chi connectivity index (χ1n) is 7.48. The Morgan fingerprint density at radius 3 is 1.48 bits per heavy atom. The molecular formula is C16H28CuO4. The van der Waals surface area contributed by atoms with Gasteiger partial charge in [0.25, 0.3) is 0 Å². The molecule has 0 bridgehead atoms. The van der Waals surface area contributed by atoms with Crippen LogP contribution in [0.4, 0.5) is 0 Å². The molecule has 0 amide bonds. The van der Waals surface area contributed by atoms with Crippen molar-refractivity contribution in [3.8, 4) is 0 Å². The number of unbranched alkanes of at least 4 members (excludes halogenated alkanes) is 8. The zero-order valence-corrected chi connectivity index (χ0v) is 14.2. The normalized spacial score (nSPS) is 9.05. The number of carboxylic acid groups (broad SMARTS) is 2. The summed E-state index contributed by atoms with van der Waals surface area (Å²) in [5, 5.41) is 19.6. The minimum Gasteiger partial charge on any atom is -0.550 e. The molecule has 0 rings (SSSR count). The summed E-state index contributed by atoms with van der Waals surface area (Å²) >= 11 is 0. The van der Waals surface area contributed by atoms with Crippen LogP contribution in [0.15, 0.2) is 12.2 Å². The molecule has 0 aromatic carbocycles. The Morgan fingerprint density at radius 1 is 0.857 bits per heavy atom. The molecule has 127 valence electrons. The van der Waals surface area contributed by atoms with Gasteiger partial charge < -0.3 is 19.8 Å². The predicted octanol–water partition coefficient (Wildman–Crippen LogP) is 1.97. The maximum absolute atomic E-state index is 10.1. The van der Waals surface area contributed by atoms with Gasteiger partial charge in [-0.2, -0.15) is 0 Å². The van der Waals surface area contributed by atoms with Gasteiger partial charge in [-0.1, -0.05) is 64.9 Å². The molecule has 0 N–H and O–H groups in total. The molecule has 0 saturated carbocycles. The quantitative estimate of drug-likeness (QED) is 0.325. The molecule has 0 unspecified atom stereocenters. The average molecular weight is 348 g/mol. The summed E-state index contributed by atoms with van der Waals surface area (Å²) < 4.78 is 0. The van der Waals surface area contributed by atoms with E-state index in [0.29, 0.717) is 0 Å². The Morgan fingerprint density at radius 2 is 1.19 bits per heavy atom. The molecule has 0 aliphatic carbocycles. The van der Waals surface area contributed by atoms with Gasteiger partial charge in [-0.05, 0) is 25.3 Å². The van der Waals surface area contributed by atoms with Gasteiger partial charge in [0.05, 0.1) is 5.97 Å². The van der Waals surface area contributed by atoms with E-state index < -0.39 is 11.9 Å². The summed E-state index contributed by atoms with van der Waals surface area (Å²) in [5.41, 5.74) is 0.0648. The van der Waals surface area contributed by atoms with Crippen molar-refractivity contribution < 1.29 is 36.9 Å². The van der Waals surface area contributed by atoms with Crippen LogP contribution in [0.3, 0.4) is 0 Å².